The molecule has 2 amide bonds. The molecule has 1 atom stereocenters. The molecule has 7 nitrogen and oxygen atoms in total. The van der Waals surface area contributed by atoms with Gasteiger partial charge in [-0.3, -0.25) is 0 Å². The lowest BCUT2D eigenvalue weighted by Crippen LogP contribution is -2.40. The van der Waals surface area contributed by atoms with E-state index < -0.39 is 0 Å². The number of nitrogens with one attached hydrogen (secondary N) is 1. The van der Waals surface area contributed by atoms with E-state index in [0.717, 1.165) is 30.6 Å². The van der Waals surface area contributed by atoms with Gasteiger partial charge in [-0.05, 0) is 37.0 Å². The molecule has 0 bridgehead atoms. The first-order valence-electron chi connectivity index (χ1n) is 8.15. The molecule has 1 aromatic carbocycles. The molecule has 128 valence electrons. The van der Waals surface area contributed by atoms with Gasteiger partial charge in [0, 0.05) is 20.0 Å². The summed E-state index contributed by atoms with van der Waals surface area (Å²) >= 11 is 0. The lowest BCUT2D eigenvalue weighted by molar-refractivity contribution is 0.190. The summed E-state index contributed by atoms with van der Waals surface area (Å²) in [6, 6.07) is 7.69. The van der Waals surface area contributed by atoms with Crippen LogP contribution in [-0.4, -0.2) is 41.3 Å². The minimum atomic E-state index is -0.0940. The van der Waals surface area contributed by atoms with E-state index in [1.54, 1.807) is 18.9 Å². The zero-order valence-corrected chi connectivity index (χ0v) is 14.0. The van der Waals surface area contributed by atoms with Gasteiger partial charge in [0.25, 0.3) is 0 Å². The molecule has 0 aliphatic carbocycles. The minimum absolute atomic E-state index is 0.0755. The van der Waals surface area contributed by atoms with Crippen LogP contribution in [0.1, 0.15) is 36.2 Å². The Balaban J connectivity index is 1.52. The molecule has 1 N–H and O–H groups in total. The lowest BCUT2D eigenvalue weighted by atomic mass is 10.1. The maximum absolute atomic E-state index is 12.4. The second kappa shape index (κ2) is 7.33. The zero-order chi connectivity index (χ0) is 16.9. The summed E-state index contributed by atoms with van der Waals surface area (Å²) in [5.74, 6) is 1.95. The fourth-order valence-electron chi connectivity index (χ4n) is 2.94. The van der Waals surface area contributed by atoms with E-state index in [1.165, 1.54) is 0 Å². The van der Waals surface area contributed by atoms with Crippen LogP contribution in [0.25, 0.3) is 0 Å². The minimum Gasteiger partial charge on any atom is -0.497 e. The number of methoxy groups -OCH3 is 1. The number of rotatable bonds is 5. The highest BCUT2D eigenvalue weighted by atomic mass is 16.5. The summed E-state index contributed by atoms with van der Waals surface area (Å²) in [5, 5.41) is 6.93. The van der Waals surface area contributed by atoms with E-state index in [9.17, 15) is 4.79 Å². The number of carbonyl (C=O) groups is 1. The summed E-state index contributed by atoms with van der Waals surface area (Å²) in [6.45, 7) is 3.05. The third kappa shape index (κ3) is 3.67. The van der Waals surface area contributed by atoms with Crippen molar-refractivity contribution < 1.29 is 14.1 Å². The number of nitrogens with zero attached hydrogens (tertiary/aromatic N) is 3. The van der Waals surface area contributed by atoms with Crippen LogP contribution < -0.4 is 10.1 Å². The third-order valence-corrected chi connectivity index (χ3v) is 4.20. The molecule has 7 heteroatoms. The Bertz CT molecular complexity index is 683. The first kappa shape index (κ1) is 16.3. The van der Waals surface area contributed by atoms with Crippen molar-refractivity contribution >= 4 is 6.03 Å². The van der Waals surface area contributed by atoms with Crippen molar-refractivity contribution in [2.45, 2.75) is 32.2 Å². The molecule has 0 radical (unpaired) electrons. The monoisotopic (exact) mass is 330 g/mol. The van der Waals surface area contributed by atoms with E-state index in [4.69, 9.17) is 9.26 Å². The molecule has 1 fully saturated rings. The fraction of sp³-hybridized carbons (Fsp3) is 0.471. The van der Waals surface area contributed by atoms with Crippen LogP contribution in [0, 0.1) is 6.92 Å². The molecule has 1 unspecified atom stereocenters. The smallest absolute Gasteiger partial charge is 0.318 e. The SMILES string of the molecule is COc1ccc(CCNC(=O)N2CCCC2c2noc(C)n2)cc1. The highest BCUT2D eigenvalue weighted by molar-refractivity contribution is 5.75. The molecule has 0 spiro atoms. The third-order valence-electron chi connectivity index (χ3n) is 4.20. The van der Waals surface area contributed by atoms with Crippen molar-refractivity contribution in [1.82, 2.24) is 20.4 Å². The fourth-order valence-corrected chi connectivity index (χ4v) is 2.94. The molecule has 2 aromatic rings. The van der Waals surface area contributed by atoms with Crippen molar-refractivity contribution in [2.75, 3.05) is 20.2 Å². The maximum Gasteiger partial charge on any atom is 0.318 e. The van der Waals surface area contributed by atoms with Crippen LogP contribution in [0.5, 0.6) is 5.75 Å². The molecule has 3 rings (SSSR count). The number of urea groups is 1. The number of carbonyl (C=O) groups excluding carboxylic acids is 1. The number of hydrogen-bond acceptors (Lipinski definition) is 5. The molecular weight excluding hydrogens is 308 g/mol. The van der Waals surface area contributed by atoms with E-state index in [-0.39, 0.29) is 12.1 Å². The molecule has 1 aliphatic rings. The average Bonchev–Trinajstić information content (AvgIpc) is 3.24. The van der Waals surface area contributed by atoms with Crippen molar-refractivity contribution in [3.05, 3.63) is 41.5 Å². The molecule has 1 saturated heterocycles. The van der Waals surface area contributed by atoms with Crippen LogP contribution in [0.15, 0.2) is 28.8 Å². The van der Waals surface area contributed by atoms with Crippen LogP contribution in [-0.2, 0) is 6.42 Å². The molecule has 0 saturated carbocycles. The van der Waals surface area contributed by atoms with E-state index in [2.05, 4.69) is 15.5 Å². The Kier molecular flexibility index (Phi) is 4.98. The average molecular weight is 330 g/mol. The number of aryl methyl sites for hydroxylation is 1. The predicted octanol–water partition coefficient (Wildman–Crippen LogP) is 2.48. The summed E-state index contributed by atoms with van der Waals surface area (Å²) in [5.41, 5.74) is 1.16. The van der Waals surface area contributed by atoms with Crippen LogP contribution in [0.4, 0.5) is 4.79 Å². The number of amides is 2. The Morgan fingerprint density at radius 2 is 2.21 bits per heavy atom. The number of ether oxygens (including phenoxy) is 1. The van der Waals surface area contributed by atoms with Crippen molar-refractivity contribution in [3.8, 4) is 5.75 Å². The van der Waals surface area contributed by atoms with Crippen molar-refractivity contribution in [1.29, 1.82) is 0 Å². The summed E-state index contributed by atoms with van der Waals surface area (Å²) in [7, 11) is 1.65. The molecule has 24 heavy (non-hydrogen) atoms. The predicted molar refractivity (Wildman–Crippen MR) is 87.8 cm³/mol. The second-order valence-corrected chi connectivity index (χ2v) is 5.85. The Morgan fingerprint density at radius 1 is 1.42 bits per heavy atom. The molecular formula is C17H22N4O3. The normalized spacial score (nSPS) is 17.1. The van der Waals surface area contributed by atoms with Gasteiger partial charge >= 0.3 is 6.03 Å². The summed E-state index contributed by atoms with van der Waals surface area (Å²) < 4.78 is 10.2. The summed E-state index contributed by atoms with van der Waals surface area (Å²) in [6.07, 6.45) is 2.59. The van der Waals surface area contributed by atoms with Gasteiger partial charge in [-0.15, -0.1) is 0 Å². The first-order valence-corrected chi connectivity index (χ1v) is 8.15. The highest BCUT2D eigenvalue weighted by Gasteiger charge is 2.33. The maximum atomic E-state index is 12.4. The first-order chi connectivity index (χ1) is 11.7. The molecule has 2 heterocycles. The van der Waals surface area contributed by atoms with Crippen LogP contribution in [0.2, 0.25) is 0 Å². The topological polar surface area (TPSA) is 80.5 Å². The largest absolute Gasteiger partial charge is 0.497 e. The van der Waals surface area contributed by atoms with Gasteiger partial charge in [0.1, 0.15) is 5.75 Å². The van der Waals surface area contributed by atoms with Crippen molar-refractivity contribution in [3.63, 3.8) is 0 Å². The number of benzene rings is 1. The zero-order valence-electron chi connectivity index (χ0n) is 14.0. The van der Waals surface area contributed by atoms with Crippen LogP contribution >= 0.6 is 0 Å². The van der Waals surface area contributed by atoms with Gasteiger partial charge in [0.05, 0.1) is 13.2 Å². The Hall–Kier alpha value is -2.57. The van der Waals surface area contributed by atoms with Gasteiger partial charge < -0.3 is 19.5 Å². The van der Waals surface area contributed by atoms with Gasteiger partial charge in [-0.1, -0.05) is 17.3 Å². The standard InChI is InChI=1S/C17H22N4O3/c1-12-19-16(20-24-12)15-4-3-11-21(15)17(22)18-10-9-13-5-7-14(23-2)8-6-13/h5-8,15H,3-4,9-11H2,1-2H3,(H,18,22). The molecule has 1 aromatic heterocycles. The Morgan fingerprint density at radius 3 is 2.88 bits per heavy atom. The second-order valence-electron chi connectivity index (χ2n) is 5.85. The van der Waals surface area contributed by atoms with Gasteiger partial charge in [-0.2, -0.15) is 4.98 Å². The van der Waals surface area contributed by atoms with Crippen LogP contribution in [0.3, 0.4) is 0 Å². The van der Waals surface area contributed by atoms with E-state index >= 15 is 0 Å². The van der Waals surface area contributed by atoms with Gasteiger partial charge in [0.15, 0.2) is 5.82 Å². The lowest BCUT2D eigenvalue weighted by Gasteiger charge is -2.22. The Labute approximate surface area is 141 Å². The summed E-state index contributed by atoms with van der Waals surface area (Å²) in [4.78, 5) is 18.5. The number of aromatic nitrogens is 2. The van der Waals surface area contributed by atoms with Gasteiger partial charge in [-0.25, -0.2) is 4.79 Å². The van der Waals surface area contributed by atoms with E-state index in [1.807, 2.05) is 24.3 Å². The highest BCUT2D eigenvalue weighted by Crippen LogP contribution is 2.29. The van der Waals surface area contributed by atoms with Gasteiger partial charge in [0.2, 0.25) is 5.89 Å². The number of likely N-dealkylation sites (tertiary alicyclic amines) is 1. The number of hydrogen-bond donors (Lipinski definition) is 1. The van der Waals surface area contributed by atoms with E-state index in [0.29, 0.717) is 24.8 Å². The molecule has 1 aliphatic heterocycles. The quantitative estimate of drug-likeness (QED) is 0.911. The van der Waals surface area contributed by atoms with Crippen molar-refractivity contribution in [2.24, 2.45) is 0 Å².